The minimum absolute atomic E-state index is 0.0843. The zero-order chi connectivity index (χ0) is 14.4. The van der Waals surface area contributed by atoms with E-state index >= 15 is 0 Å². The quantitative estimate of drug-likeness (QED) is 0.826. The predicted molar refractivity (Wildman–Crippen MR) is 73.9 cm³/mol. The smallest absolute Gasteiger partial charge is 0.326 e. The molecule has 0 fully saturated rings. The number of carbonyl (C=O) groups excluding carboxylic acids is 1. The van der Waals surface area contributed by atoms with Crippen molar-refractivity contribution in [3.05, 3.63) is 35.4 Å². The minimum atomic E-state index is -0.980. The zero-order valence-electron chi connectivity index (χ0n) is 11.6. The molecule has 4 heteroatoms. The van der Waals surface area contributed by atoms with Crippen molar-refractivity contribution in [3.8, 4) is 0 Å². The topological polar surface area (TPSA) is 66.4 Å². The van der Waals surface area contributed by atoms with Crippen LogP contribution in [0.2, 0.25) is 0 Å². The van der Waals surface area contributed by atoms with Crippen LogP contribution in [0.5, 0.6) is 0 Å². The number of aryl methyl sites for hydroxylation is 1. The number of carboxylic acid groups (broad SMARTS) is 1. The number of amides is 1. The van der Waals surface area contributed by atoms with Crippen LogP contribution in [0.15, 0.2) is 24.3 Å². The Kier molecular flexibility index (Phi) is 5.55. The number of hydrogen-bond acceptors (Lipinski definition) is 2. The predicted octanol–water partition coefficient (Wildman–Crippen LogP) is 2.15. The molecule has 0 saturated heterocycles. The molecule has 1 rings (SSSR count). The van der Waals surface area contributed by atoms with Gasteiger partial charge in [-0.3, -0.25) is 4.79 Å². The van der Waals surface area contributed by atoms with Gasteiger partial charge in [0.15, 0.2) is 0 Å². The molecule has 0 bridgehead atoms. The van der Waals surface area contributed by atoms with E-state index in [0.29, 0.717) is 6.42 Å². The van der Waals surface area contributed by atoms with E-state index in [-0.39, 0.29) is 18.2 Å². The van der Waals surface area contributed by atoms with Crippen LogP contribution in [0.1, 0.15) is 31.4 Å². The molecule has 0 aliphatic carbocycles. The summed E-state index contributed by atoms with van der Waals surface area (Å²) in [5.41, 5.74) is 1.98. The van der Waals surface area contributed by atoms with Gasteiger partial charge >= 0.3 is 5.97 Å². The van der Waals surface area contributed by atoms with E-state index in [0.717, 1.165) is 11.1 Å². The van der Waals surface area contributed by atoms with Crippen molar-refractivity contribution in [2.75, 3.05) is 0 Å². The van der Waals surface area contributed by atoms with Gasteiger partial charge in [0.1, 0.15) is 6.04 Å². The number of carboxylic acids is 1. The summed E-state index contributed by atoms with van der Waals surface area (Å²) in [4.78, 5) is 23.0. The lowest BCUT2D eigenvalue weighted by Gasteiger charge is -2.20. The second-order valence-electron chi connectivity index (χ2n) is 4.93. The van der Waals surface area contributed by atoms with Crippen molar-refractivity contribution >= 4 is 11.9 Å². The maximum Gasteiger partial charge on any atom is 0.326 e. The lowest BCUT2D eigenvalue weighted by Crippen LogP contribution is -2.45. The Balaban J connectivity index is 2.65. The van der Waals surface area contributed by atoms with Gasteiger partial charge in [0, 0.05) is 0 Å². The standard InChI is InChI=1S/C15H21NO3/c1-4-11(3)14(15(18)19)16-13(17)9-12-7-5-6-10(2)8-12/h5-8,11,14H,4,9H2,1-3H3,(H,16,17)(H,18,19). The van der Waals surface area contributed by atoms with Crippen molar-refractivity contribution < 1.29 is 14.7 Å². The van der Waals surface area contributed by atoms with Crippen LogP contribution >= 0.6 is 0 Å². The minimum Gasteiger partial charge on any atom is -0.480 e. The number of nitrogens with one attached hydrogen (secondary N) is 1. The van der Waals surface area contributed by atoms with Crippen molar-refractivity contribution in [2.45, 2.75) is 39.7 Å². The summed E-state index contributed by atoms with van der Waals surface area (Å²) in [7, 11) is 0. The molecule has 1 amide bonds. The Morgan fingerprint density at radius 2 is 2.05 bits per heavy atom. The Bertz CT molecular complexity index is 456. The summed E-state index contributed by atoms with van der Waals surface area (Å²) in [6.45, 7) is 5.69. The summed E-state index contributed by atoms with van der Waals surface area (Å²) in [6.07, 6.45) is 0.920. The molecular formula is C15H21NO3. The van der Waals surface area contributed by atoms with Gasteiger partial charge in [0.05, 0.1) is 6.42 Å². The SMILES string of the molecule is CCC(C)C(NC(=O)Cc1cccc(C)c1)C(=O)O. The van der Waals surface area contributed by atoms with E-state index in [1.165, 1.54) is 0 Å². The largest absolute Gasteiger partial charge is 0.480 e. The first kappa shape index (κ1) is 15.2. The summed E-state index contributed by atoms with van der Waals surface area (Å²) in [5, 5.41) is 11.7. The second kappa shape index (κ2) is 6.92. The third kappa shape index (κ3) is 4.73. The number of rotatable bonds is 6. The fourth-order valence-corrected chi connectivity index (χ4v) is 1.92. The average molecular weight is 263 g/mol. The number of benzene rings is 1. The molecular weight excluding hydrogens is 242 g/mol. The Labute approximate surface area is 113 Å². The molecule has 2 atom stereocenters. The normalized spacial score (nSPS) is 13.6. The molecule has 4 nitrogen and oxygen atoms in total. The molecule has 1 aromatic carbocycles. The van der Waals surface area contributed by atoms with Crippen LogP contribution in [-0.4, -0.2) is 23.0 Å². The molecule has 2 N–H and O–H groups in total. The molecule has 19 heavy (non-hydrogen) atoms. The Morgan fingerprint density at radius 3 is 2.58 bits per heavy atom. The van der Waals surface area contributed by atoms with Gasteiger partial charge in [-0.25, -0.2) is 4.79 Å². The average Bonchev–Trinajstić information content (AvgIpc) is 2.34. The lowest BCUT2D eigenvalue weighted by atomic mass is 9.99. The van der Waals surface area contributed by atoms with E-state index in [1.54, 1.807) is 0 Å². The van der Waals surface area contributed by atoms with Gasteiger partial charge in [-0.15, -0.1) is 0 Å². The third-order valence-corrected chi connectivity index (χ3v) is 3.24. The van der Waals surface area contributed by atoms with Crippen LogP contribution in [0.3, 0.4) is 0 Å². The third-order valence-electron chi connectivity index (χ3n) is 3.24. The van der Waals surface area contributed by atoms with E-state index in [1.807, 2.05) is 45.0 Å². The fraction of sp³-hybridized carbons (Fsp3) is 0.467. The van der Waals surface area contributed by atoms with Crippen molar-refractivity contribution in [1.29, 1.82) is 0 Å². The van der Waals surface area contributed by atoms with Crippen molar-refractivity contribution in [1.82, 2.24) is 5.32 Å². The van der Waals surface area contributed by atoms with Gasteiger partial charge in [0.25, 0.3) is 0 Å². The Morgan fingerprint density at radius 1 is 1.37 bits per heavy atom. The van der Waals surface area contributed by atoms with E-state index in [9.17, 15) is 9.59 Å². The molecule has 0 aliphatic rings. The van der Waals surface area contributed by atoms with Gasteiger partial charge in [-0.2, -0.15) is 0 Å². The van der Waals surface area contributed by atoms with Gasteiger partial charge in [-0.05, 0) is 18.4 Å². The molecule has 0 radical (unpaired) electrons. The Hall–Kier alpha value is -1.84. The zero-order valence-corrected chi connectivity index (χ0v) is 11.6. The van der Waals surface area contributed by atoms with Gasteiger partial charge < -0.3 is 10.4 Å². The monoisotopic (exact) mass is 263 g/mol. The number of hydrogen-bond donors (Lipinski definition) is 2. The molecule has 2 unspecified atom stereocenters. The van der Waals surface area contributed by atoms with E-state index < -0.39 is 12.0 Å². The first-order chi connectivity index (χ1) is 8.93. The van der Waals surface area contributed by atoms with Gasteiger partial charge in [-0.1, -0.05) is 50.1 Å². The summed E-state index contributed by atoms with van der Waals surface area (Å²) >= 11 is 0. The summed E-state index contributed by atoms with van der Waals surface area (Å²) in [6, 6.07) is 6.83. The molecule has 1 aromatic rings. The second-order valence-corrected chi connectivity index (χ2v) is 4.93. The van der Waals surface area contributed by atoms with Crippen LogP contribution in [0, 0.1) is 12.8 Å². The highest BCUT2D eigenvalue weighted by Crippen LogP contribution is 2.09. The molecule has 0 spiro atoms. The van der Waals surface area contributed by atoms with Crippen LogP contribution < -0.4 is 5.32 Å². The maximum absolute atomic E-state index is 11.9. The molecule has 0 aliphatic heterocycles. The lowest BCUT2D eigenvalue weighted by molar-refractivity contribution is -0.143. The van der Waals surface area contributed by atoms with Crippen molar-refractivity contribution in [3.63, 3.8) is 0 Å². The molecule has 104 valence electrons. The van der Waals surface area contributed by atoms with Crippen molar-refractivity contribution in [2.24, 2.45) is 5.92 Å². The molecule has 0 saturated carbocycles. The summed E-state index contributed by atoms with van der Waals surface area (Å²) < 4.78 is 0. The van der Waals surface area contributed by atoms with Gasteiger partial charge in [0.2, 0.25) is 5.91 Å². The number of carbonyl (C=O) groups is 2. The van der Waals surface area contributed by atoms with Crippen LogP contribution in [0.25, 0.3) is 0 Å². The van der Waals surface area contributed by atoms with E-state index in [4.69, 9.17) is 5.11 Å². The molecule has 0 heterocycles. The van der Waals surface area contributed by atoms with Crippen LogP contribution in [-0.2, 0) is 16.0 Å². The molecule has 0 aromatic heterocycles. The first-order valence-electron chi connectivity index (χ1n) is 6.51. The number of aliphatic carboxylic acids is 1. The highest BCUT2D eigenvalue weighted by atomic mass is 16.4. The maximum atomic E-state index is 11.9. The fourth-order valence-electron chi connectivity index (χ4n) is 1.92. The first-order valence-corrected chi connectivity index (χ1v) is 6.51. The van der Waals surface area contributed by atoms with Crippen LogP contribution in [0.4, 0.5) is 0 Å². The highest BCUT2D eigenvalue weighted by molar-refractivity contribution is 5.85. The highest BCUT2D eigenvalue weighted by Gasteiger charge is 2.25. The summed E-state index contributed by atoms with van der Waals surface area (Å²) in [5.74, 6) is -1.32. The van der Waals surface area contributed by atoms with E-state index in [2.05, 4.69) is 5.32 Å².